The minimum absolute atomic E-state index is 0.170. The van der Waals surface area contributed by atoms with Gasteiger partial charge in [-0.15, -0.1) is 0 Å². The molecule has 19 heavy (non-hydrogen) atoms. The van der Waals surface area contributed by atoms with Crippen LogP contribution in [-0.4, -0.2) is 10.2 Å². The van der Waals surface area contributed by atoms with Crippen LogP contribution in [-0.2, 0) is 12.0 Å². The van der Waals surface area contributed by atoms with Gasteiger partial charge < -0.3 is 10.2 Å². The summed E-state index contributed by atoms with van der Waals surface area (Å²) in [6.45, 7) is 1.71. The molecule has 4 heteroatoms. The van der Waals surface area contributed by atoms with Crippen molar-refractivity contribution >= 4 is 23.2 Å². The van der Waals surface area contributed by atoms with Gasteiger partial charge in [-0.05, 0) is 42.3 Å². The highest BCUT2D eigenvalue weighted by atomic mass is 35.5. The molecule has 1 atom stereocenters. The normalized spacial score (nSPS) is 14.1. The van der Waals surface area contributed by atoms with Gasteiger partial charge in [-0.3, -0.25) is 0 Å². The molecule has 0 aliphatic rings. The number of hydrogen-bond acceptors (Lipinski definition) is 2. The molecular weight excluding hydrogens is 283 g/mol. The maximum Gasteiger partial charge on any atom is 0.115 e. The second-order valence-electron chi connectivity index (χ2n) is 4.73. The Morgan fingerprint density at radius 1 is 1.05 bits per heavy atom. The van der Waals surface area contributed by atoms with Crippen molar-refractivity contribution in [3.8, 4) is 5.75 Å². The van der Waals surface area contributed by atoms with Crippen LogP contribution in [0, 0.1) is 0 Å². The van der Waals surface area contributed by atoms with Gasteiger partial charge in [-0.25, -0.2) is 0 Å². The molecule has 0 fully saturated rings. The van der Waals surface area contributed by atoms with E-state index in [0.29, 0.717) is 16.5 Å². The molecule has 0 saturated heterocycles. The van der Waals surface area contributed by atoms with Crippen LogP contribution in [0.15, 0.2) is 42.5 Å². The van der Waals surface area contributed by atoms with Gasteiger partial charge in [0.05, 0.1) is 5.60 Å². The number of hydrogen-bond donors (Lipinski definition) is 2. The highest BCUT2D eigenvalue weighted by Crippen LogP contribution is 2.30. The first-order valence-electron chi connectivity index (χ1n) is 5.84. The van der Waals surface area contributed by atoms with Crippen molar-refractivity contribution in [3.63, 3.8) is 0 Å². The Morgan fingerprint density at radius 2 is 1.68 bits per heavy atom. The van der Waals surface area contributed by atoms with Gasteiger partial charge in [0, 0.05) is 16.5 Å². The van der Waals surface area contributed by atoms with E-state index in [1.165, 1.54) is 0 Å². The van der Waals surface area contributed by atoms with Crippen LogP contribution in [0.2, 0.25) is 10.0 Å². The molecular formula is C15H14Cl2O2. The van der Waals surface area contributed by atoms with E-state index in [2.05, 4.69) is 0 Å². The summed E-state index contributed by atoms with van der Waals surface area (Å²) in [5.41, 5.74) is 0.478. The lowest BCUT2D eigenvalue weighted by molar-refractivity contribution is 0.0576. The molecule has 0 aliphatic heterocycles. The van der Waals surface area contributed by atoms with Crippen molar-refractivity contribution in [1.82, 2.24) is 0 Å². The van der Waals surface area contributed by atoms with Gasteiger partial charge >= 0.3 is 0 Å². The second-order valence-corrected chi connectivity index (χ2v) is 5.58. The molecule has 2 aromatic rings. The molecule has 0 bridgehead atoms. The summed E-state index contributed by atoms with van der Waals surface area (Å²) in [6, 6.07) is 11.7. The van der Waals surface area contributed by atoms with E-state index in [-0.39, 0.29) is 5.75 Å². The average Bonchev–Trinajstić information content (AvgIpc) is 2.33. The van der Waals surface area contributed by atoms with Gasteiger partial charge in [0.1, 0.15) is 5.75 Å². The van der Waals surface area contributed by atoms with Crippen LogP contribution < -0.4 is 0 Å². The fourth-order valence-electron chi connectivity index (χ4n) is 1.96. The van der Waals surface area contributed by atoms with Crippen molar-refractivity contribution < 1.29 is 10.2 Å². The van der Waals surface area contributed by atoms with Gasteiger partial charge in [0.15, 0.2) is 0 Å². The summed E-state index contributed by atoms with van der Waals surface area (Å²) in [4.78, 5) is 0. The molecule has 0 aromatic heterocycles. The molecule has 2 aromatic carbocycles. The molecule has 2 rings (SSSR count). The molecule has 1 unspecified atom stereocenters. The van der Waals surface area contributed by atoms with Crippen molar-refractivity contribution in [2.75, 3.05) is 0 Å². The lowest BCUT2D eigenvalue weighted by Gasteiger charge is -2.24. The van der Waals surface area contributed by atoms with E-state index in [0.717, 1.165) is 11.1 Å². The smallest absolute Gasteiger partial charge is 0.115 e. The third-order valence-electron chi connectivity index (χ3n) is 3.04. The van der Waals surface area contributed by atoms with Crippen molar-refractivity contribution in [3.05, 3.63) is 63.6 Å². The molecule has 100 valence electrons. The van der Waals surface area contributed by atoms with Crippen LogP contribution in [0.1, 0.15) is 18.1 Å². The van der Waals surface area contributed by atoms with E-state index in [4.69, 9.17) is 23.2 Å². The minimum Gasteiger partial charge on any atom is -0.508 e. The molecule has 0 amide bonds. The van der Waals surface area contributed by atoms with E-state index >= 15 is 0 Å². The van der Waals surface area contributed by atoms with E-state index in [9.17, 15) is 10.2 Å². The Labute approximate surface area is 122 Å². The number of benzene rings is 2. The lowest BCUT2D eigenvalue weighted by Crippen LogP contribution is -2.24. The quantitative estimate of drug-likeness (QED) is 0.893. The fourth-order valence-corrected chi connectivity index (χ4v) is 2.43. The third kappa shape index (κ3) is 3.41. The summed E-state index contributed by atoms with van der Waals surface area (Å²) in [5, 5.41) is 20.9. The fraction of sp³-hybridized carbons (Fsp3) is 0.200. The standard InChI is InChI=1S/C15H14Cl2O2/c1-15(19,11-3-6-13(18)7-4-11)9-10-2-5-12(16)8-14(10)17/h2-8,18-19H,9H2,1H3. The maximum absolute atomic E-state index is 10.6. The Hall–Kier alpha value is -1.22. The van der Waals surface area contributed by atoms with Crippen LogP contribution in [0.4, 0.5) is 0 Å². The summed E-state index contributed by atoms with van der Waals surface area (Å²) >= 11 is 12.0. The molecule has 0 spiro atoms. The number of rotatable bonds is 3. The molecule has 0 aliphatic carbocycles. The zero-order chi connectivity index (χ0) is 14.0. The van der Waals surface area contributed by atoms with E-state index in [1.807, 2.05) is 0 Å². The lowest BCUT2D eigenvalue weighted by atomic mass is 9.89. The zero-order valence-corrected chi connectivity index (χ0v) is 11.9. The largest absolute Gasteiger partial charge is 0.508 e. The Balaban J connectivity index is 2.27. The second kappa shape index (κ2) is 5.41. The van der Waals surface area contributed by atoms with E-state index < -0.39 is 5.60 Å². The highest BCUT2D eigenvalue weighted by Gasteiger charge is 2.24. The van der Waals surface area contributed by atoms with Gasteiger partial charge in [0.25, 0.3) is 0 Å². The van der Waals surface area contributed by atoms with Crippen LogP contribution in [0.5, 0.6) is 5.75 Å². The average molecular weight is 297 g/mol. The first kappa shape index (κ1) is 14.2. The molecule has 2 nitrogen and oxygen atoms in total. The van der Waals surface area contributed by atoms with Crippen molar-refractivity contribution in [1.29, 1.82) is 0 Å². The monoisotopic (exact) mass is 296 g/mol. The Bertz CT molecular complexity index is 577. The molecule has 2 N–H and O–H groups in total. The molecule has 0 radical (unpaired) electrons. The topological polar surface area (TPSA) is 40.5 Å². The first-order valence-corrected chi connectivity index (χ1v) is 6.60. The summed E-state index contributed by atoms with van der Waals surface area (Å²) in [5.74, 6) is 0.170. The van der Waals surface area contributed by atoms with Gasteiger partial charge in [-0.2, -0.15) is 0 Å². The summed E-state index contributed by atoms with van der Waals surface area (Å²) < 4.78 is 0. The van der Waals surface area contributed by atoms with Crippen LogP contribution in [0.25, 0.3) is 0 Å². The number of aromatic hydroxyl groups is 1. The summed E-state index contributed by atoms with van der Waals surface area (Å²) in [7, 11) is 0. The Kier molecular flexibility index (Phi) is 4.04. The molecule has 0 saturated carbocycles. The SMILES string of the molecule is CC(O)(Cc1ccc(Cl)cc1Cl)c1ccc(O)cc1. The van der Waals surface area contributed by atoms with E-state index in [1.54, 1.807) is 49.4 Å². The molecule has 0 heterocycles. The zero-order valence-electron chi connectivity index (χ0n) is 10.4. The number of phenolic OH excluding ortho intramolecular Hbond substituents is 1. The number of halogens is 2. The third-order valence-corrected chi connectivity index (χ3v) is 3.63. The predicted molar refractivity (Wildman–Crippen MR) is 77.8 cm³/mol. The summed E-state index contributed by atoms with van der Waals surface area (Å²) in [6.07, 6.45) is 0.369. The number of phenols is 1. The van der Waals surface area contributed by atoms with Crippen LogP contribution >= 0.6 is 23.2 Å². The van der Waals surface area contributed by atoms with Crippen molar-refractivity contribution in [2.45, 2.75) is 18.9 Å². The Morgan fingerprint density at radius 3 is 2.26 bits per heavy atom. The maximum atomic E-state index is 10.6. The van der Waals surface area contributed by atoms with Gasteiger partial charge in [0.2, 0.25) is 0 Å². The number of aliphatic hydroxyl groups is 1. The van der Waals surface area contributed by atoms with Gasteiger partial charge in [-0.1, -0.05) is 41.4 Å². The minimum atomic E-state index is -1.06. The predicted octanol–water partition coefficient (Wildman–Crippen LogP) is 4.15. The van der Waals surface area contributed by atoms with Crippen LogP contribution in [0.3, 0.4) is 0 Å². The highest BCUT2D eigenvalue weighted by molar-refractivity contribution is 6.35. The van der Waals surface area contributed by atoms with Crippen molar-refractivity contribution in [2.24, 2.45) is 0 Å². The first-order chi connectivity index (χ1) is 8.88.